The summed E-state index contributed by atoms with van der Waals surface area (Å²) in [7, 11) is 0. The molecule has 0 bridgehead atoms. The summed E-state index contributed by atoms with van der Waals surface area (Å²) in [5.74, 6) is 1.97. The Morgan fingerprint density at radius 1 is 1.18 bits per heavy atom. The van der Waals surface area contributed by atoms with Crippen LogP contribution in [-0.4, -0.2) is 14.4 Å². The minimum Gasteiger partial charge on any atom is -0.460 e. The van der Waals surface area contributed by atoms with Gasteiger partial charge in [-0.3, -0.25) is 0 Å². The lowest BCUT2D eigenvalue weighted by molar-refractivity contribution is 0.546. The van der Waals surface area contributed by atoms with Crippen LogP contribution in [0.25, 0.3) is 17.1 Å². The van der Waals surface area contributed by atoms with Crippen LogP contribution in [0.1, 0.15) is 11.5 Å². The van der Waals surface area contributed by atoms with Gasteiger partial charge >= 0.3 is 0 Å². The van der Waals surface area contributed by atoms with Gasteiger partial charge in [0.05, 0.1) is 11.9 Å². The zero-order chi connectivity index (χ0) is 12.0. The molecule has 0 aromatic carbocycles. The number of hydrogen-bond donors (Lipinski definition) is 1. The summed E-state index contributed by atoms with van der Waals surface area (Å²) in [6.07, 6.45) is 3.65. The molecule has 0 aliphatic rings. The van der Waals surface area contributed by atoms with E-state index in [4.69, 9.17) is 10.2 Å². The van der Waals surface area contributed by atoms with E-state index in [1.54, 1.807) is 6.20 Å². The van der Waals surface area contributed by atoms with E-state index in [0.717, 1.165) is 17.1 Å². The van der Waals surface area contributed by atoms with Gasteiger partial charge in [0.15, 0.2) is 17.1 Å². The highest BCUT2D eigenvalue weighted by molar-refractivity contribution is 5.71. The van der Waals surface area contributed by atoms with Crippen LogP contribution in [0.15, 0.2) is 28.9 Å². The number of nitrogen functional groups attached to an aromatic ring is 1. The molecular weight excluding hydrogens is 216 g/mol. The fraction of sp³-hybridized carbons (Fsp3) is 0.167. The topological polar surface area (TPSA) is 69.3 Å². The van der Waals surface area contributed by atoms with Crippen LogP contribution in [0.4, 0.5) is 5.82 Å². The Morgan fingerprint density at radius 3 is 2.71 bits per heavy atom. The van der Waals surface area contributed by atoms with Crippen molar-refractivity contribution in [2.24, 2.45) is 0 Å². The summed E-state index contributed by atoms with van der Waals surface area (Å²) in [6, 6.07) is 3.77. The standard InChI is InChI=1S/C12H12N4O/c1-7-5-16-6-10(13)15-11(12(16)14-7)9-4-3-8(2)17-9/h3-6H,13H2,1-2H3. The van der Waals surface area contributed by atoms with Crippen molar-refractivity contribution >= 4 is 11.5 Å². The van der Waals surface area contributed by atoms with Gasteiger partial charge in [-0.1, -0.05) is 0 Å². The number of rotatable bonds is 1. The molecule has 3 heterocycles. The number of nitrogens with two attached hydrogens (primary N) is 1. The predicted molar refractivity (Wildman–Crippen MR) is 64.6 cm³/mol. The SMILES string of the molecule is Cc1cn2cc(N)nc(-c3ccc(C)o3)c2n1. The van der Waals surface area contributed by atoms with Crippen LogP contribution in [0.5, 0.6) is 0 Å². The molecule has 2 N–H and O–H groups in total. The molecule has 0 saturated heterocycles. The molecule has 0 saturated carbocycles. The van der Waals surface area contributed by atoms with E-state index in [1.807, 2.05) is 36.6 Å². The largest absolute Gasteiger partial charge is 0.460 e. The number of furan rings is 1. The lowest BCUT2D eigenvalue weighted by Crippen LogP contribution is -1.97. The van der Waals surface area contributed by atoms with Crippen LogP contribution in [0.3, 0.4) is 0 Å². The number of fused-ring (bicyclic) bond motifs is 1. The first-order chi connectivity index (χ1) is 8.13. The normalized spacial score (nSPS) is 11.2. The third-order valence-electron chi connectivity index (χ3n) is 2.55. The number of imidazole rings is 1. The molecule has 86 valence electrons. The first-order valence-electron chi connectivity index (χ1n) is 5.32. The van der Waals surface area contributed by atoms with Crippen molar-refractivity contribution in [2.45, 2.75) is 13.8 Å². The summed E-state index contributed by atoms with van der Waals surface area (Å²) in [4.78, 5) is 8.72. The number of nitrogens with zero attached hydrogens (tertiary/aromatic N) is 3. The molecule has 0 radical (unpaired) electrons. The average Bonchev–Trinajstić information content (AvgIpc) is 2.82. The molecule has 3 aromatic heterocycles. The summed E-state index contributed by atoms with van der Waals surface area (Å²) >= 11 is 0. The molecular formula is C12H12N4O. The first-order valence-corrected chi connectivity index (χ1v) is 5.32. The van der Waals surface area contributed by atoms with Gasteiger partial charge in [0.1, 0.15) is 11.6 Å². The van der Waals surface area contributed by atoms with E-state index in [-0.39, 0.29) is 0 Å². The number of anilines is 1. The highest BCUT2D eigenvalue weighted by atomic mass is 16.3. The van der Waals surface area contributed by atoms with Crippen molar-refractivity contribution in [3.05, 3.63) is 36.0 Å². The maximum absolute atomic E-state index is 5.78. The summed E-state index contributed by atoms with van der Waals surface area (Å²) in [5, 5.41) is 0. The Morgan fingerprint density at radius 2 is 2.00 bits per heavy atom. The van der Waals surface area contributed by atoms with E-state index >= 15 is 0 Å². The minimum absolute atomic E-state index is 0.443. The lowest BCUT2D eigenvalue weighted by Gasteiger charge is -2.01. The van der Waals surface area contributed by atoms with Crippen LogP contribution in [0.2, 0.25) is 0 Å². The quantitative estimate of drug-likeness (QED) is 0.693. The number of hydrogen-bond acceptors (Lipinski definition) is 4. The summed E-state index contributed by atoms with van der Waals surface area (Å²) in [5.41, 5.74) is 8.12. The maximum Gasteiger partial charge on any atom is 0.167 e. The molecule has 0 fully saturated rings. The van der Waals surface area contributed by atoms with Crippen molar-refractivity contribution in [3.63, 3.8) is 0 Å². The van der Waals surface area contributed by atoms with Crippen molar-refractivity contribution in [1.82, 2.24) is 14.4 Å². The van der Waals surface area contributed by atoms with Crippen molar-refractivity contribution in [1.29, 1.82) is 0 Å². The van der Waals surface area contributed by atoms with E-state index in [9.17, 15) is 0 Å². The third-order valence-corrected chi connectivity index (χ3v) is 2.55. The van der Waals surface area contributed by atoms with Crippen molar-refractivity contribution < 1.29 is 4.42 Å². The van der Waals surface area contributed by atoms with Gasteiger partial charge in [-0.25, -0.2) is 9.97 Å². The lowest BCUT2D eigenvalue weighted by atomic mass is 10.3. The van der Waals surface area contributed by atoms with Crippen LogP contribution in [-0.2, 0) is 0 Å². The van der Waals surface area contributed by atoms with Gasteiger partial charge < -0.3 is 14.6 Å². The Kier molecular flexibility index (Phi) is 1.95. The molecule has 0 unspecified atom stereocenters. The van der Waals surface area contributed by atoms with Gasteiger partial charge in [0.25, 0.3) is 0 Å². The molecule has 0 aliphatic heterocycles. The second-order valence-corrected chi connectivity index (χ2v) is 4.04. The van der Waals surface area contributed by atoms with Crippen molar-refractivity contribution in [2.75, 3.05) is 5.73 Å². The molecule has 0 spiro atoms. The van der Waals surface area contributed by atoms with E-state index in [0.29, 0.717) is 17.3 Å². The fourth-order valence-corrected chi connectivity index (χ4v) is 1.87. The number of aromatic nitrogens is 3. The average molecular weight is 228 g/mol. The van der Waals surface area contributed by atoms with E-state index in [1.165, 1.54) is 0 Å². The fourth-order valence-electron chi connectivity index (χ4n) is 1.87. The molecule has 3 rings (SSSR count). The highest BCUT2D eigenvalue weighted by Gasteiger charge is 2.12. The zero-order valence-electron chi connectivity index (χ0n) is 9.64. The molecule has 17 heavy (non-hydrogen) atoms. The molecule has 5 heteroatoms. The van der Waals surface area contributed by atoms with Gasteiger partial charge in [-0.2, -0.15) is 0 Å². The smallest absolute Gasteiger partial charge is 0.167 e. The van der Waals surface area contributed by atoms with Gasteiger partial charge in [-0.15, -0.1) is 0 Å². The Bertz CT molecular complexity index is 696. The summed E-state index contributed by atoms with van der Waals surface area (Å²) in [6.45, 7) is 3.82. The predicted octanol–water partition coefficient (Wildman–Crippen LogP) is 2.19. The monoisotopic (exact) mass is 228 g/mol. The first kappa shape index (κ1) is 9.89. The van der Waals surface area contributed by atoms with Crippen molar-refractivity contribution in [3.8, 4) is 11.5 Å². The Labute approximate surface area is 97.9 Å². The molecule has 0 atom stereocenters. The van der Waals surface area contributed by atoms with Crippen LogP contribution in [0, 0.1) is 13.8 Å². The molecule has 3 aromatic rings. The minimum atomic E-state index is 0.443. The van der Waals surface area contributed by atoms with Crippen LogP contribution >= 0.6 is 0 Å². The zero-order valence-corrected chi connectivity index (χ0v) is 9.64. The van der Waals surface area contributed by atoms with E-state index < -0.39 is 0 Å². The molecule has 0 amide bonds. The highest BCUT2D eigenvalue weighted by Crippen LogP contribution is 2.25. The van der Waals surface area contributed by atoms with E-state index in [2.05, 4.69) is 9.97 Å². The third kappa shape index (κ3) is 1.56. The molecule has 0 aliphatic carbocycles. The Hall–Kier alpha value is -2.30. The van der Waals surface area contributed by atoms with Gasteiger partial charge in [0, 0.05) is 6.20 Å². The summed E-state index contributed by atoms with van der Waals surface area (Å²) < 4.78 is 7.44. The maximum atomic E-state index is 5.78. The van der Waals surface area contributed by atoms with Gasteiger partial charge in [-0.05, 0) is 26.0 Å². The Balaban J connectivity index is 2.34. The van der Waals surface area contributed by atoms with Crippen LogP contribution < -0.4 is 5.73 Å². The second-order valence-electron chi connectivity index (χ2n) is 4.04. The number of aryl methyl sites for hydroxylation is 2. The molecule has 5 nitrogen and oxygen atoms in total. The van der Waals surface area contributed by atoms with Gasteiger partial charge in [0.2, 0.25) is 0 Å². The second kappa shape index (κ2) is 3.35.